The first kappa shape index (κ1) is 17.1. The summed E-state index contributed by atoms with van der Waals surface area (Å²) >= 11 is 0. The number of aromatic nitrogens is 2. The van der Waals surface area contributed by atoms with E-state index in [4.69, 9.17) is 5.26 Å². The summed E-state index contributed by atoms with van der Waals surface area (Å²) in [6.45, 7) is 3.69. The third-order valence-electron chi connectivity index (χ3n) is 3.63. The molecule has 6 nitrogen and oxygen atoms in total. The second-order valence-electron chi connectivity index (χ2n) is 5.82. The molecule has 0 bridgehead atoms. The van der Waals surface area contributed by atoms with Gasteiger partial charge in [-0.2, -0.15) is 5.26 Å². The van der Waals surface area contributed by atoms with Gasteiger partial charge in [0.1, 0.15) is 17.3 Å². The van der Waals surface area contributed by atoms with Gasteiger partial charge in [0, 0.05) is 17.4 Å². The maximum atomic E-state index is 12.5. The summed E-state index contributed by atoms with van der Waals surface area (Å²) in [7, 11) is 0. The quantitative estimate of drug-likeness (QED) is 0.748. The topological polar surface area (TPSA) is 90.7 Å². The molecule has 2 aromatic carbocycles. The first-order valence-electron chi connectivity index (χ1n) is 8.04. The molecule has 6 heteroatoms. The maximum absolute atomic E-state index is 12.5. The molecule has 0 saturated carbocycles. The van der Waals surface area contributed by atoms with Crippen LogP contribution in [0.15, 0.2) is 54.6 Å². The Labute approximate surface area is 151 Å². The second-order valence-corrected chi connectivity index (χ2v) is 5.82. The van der Waals surface area contributed by atoms with E-state index in [9.17, 15) is 4.79 Å². The highest BCUT2D eigenvalue weighted by atomic mass is 16.1. The molecule has 0 saturated heterocycles. The molecule has 1 amide bonds. The Morgan fingerprint density at radius 2 is 1.77 bits per heavy atom. The normalized spacial score (nSPS) is 10.0. The fraction of sp³-hybridized carbons (Fsp3) is 0.100. The van der Waals surface area contributed by atoms with Crippen molar-refractivity contribution in [3.8, 4) is 6.07 Å². The number of hydrogen-bond donors (Lipinski definition) is 2. The Morgan fingerprint density at radius 3 is 2.46 bits per heavy atom. The summed E-state index contributed by atoms with van der Waals surface area (Å²) in [6, 6.07) is 18.2. The fourth-order valence-corrected chi connectivity index (χ4v) is 2.44. The van der Waals surface area contributed by atoms with Gasteiger partial charge in [-0.1, -0.05) is 12.1 Å². The molecule has 0 fully saturated rings. The number of nitriles is 1. The zero-order valence-electron chi connectivity index (χ0n) is 14.4. The smallest absolute Gasteiger partial charge is 0.274 e. The highest BCUT2D eigenvalue weighted by Gasteiger charge is 2.11. The van der Waals surface area contributed by atoms with Crippen LogP contribution in [0.3, 0.4) is 0 Å². The Bertz CT molecular complexity index is 990. The lowest BCUT2D eigenvalue weighted by Gasteiger charge is -2.09. The van der Waals surface area contributed by atoms with E-state index in [1.807, 2.05) is 31.2 Å². The number of nitrogens with zero attached hydrogens (tertiary/aromatic N) is 3. The molecule has 0 spiro atoms. The predicted octanol–water partition coefficient (Wildman–Crippen LogP) is 3.96. The molecule has 128 valence electrons. The number of rotatable bonds is 4. The maximum Gasteiger partial charge on any atom is 0.274 e. The van der Waals surface area contributed by atoms with Gasteiger partial charge in [-0.3, -0.25) is 4.79 Å². The molecular weight excluding hydrogens is 326 g/mol. The summed E-state index contributed by atoms with van der Waals surface area (Å²) < 4.78 is 0. The lowest BCUT2D eigenvalue weighted by molar-refractivity contribution is 0.102. The molecule has 0 aliphatic rings. The highest BCUT2D eigenvalue weighted by Crippen LogP contribution is 2.17. The molecule has 0 radical (unpaired) electrons. The van der Waals surface area contributed by atoms with E-state index in [1.165, 1.54) is 0 Å². The molecule has 1 heterocycles. The number of carbonyl (C=O) groups is 1. The first-order valence-corrected chi connectivity index (χ1v) is 8.04. The Morgan fingerprint density at radius 1 is 1.00 bits per heavy atom. The van der Waals surface area contributed by atoms with E-state index in [2.05, 4.69) is 26.7 Å². The summed E-state index contributed by atoms with van der Waals surface area (Å²) in [5.41, 5.74) is 3.40. The third-order valence-corrected chi connectivity index (χ3v) is 3.63. The van der Waals surface area contributed by atoms with Crippen molar-refractivity contribution in [1.29, 1.82) is 5.26 Å². The number of hydrogen-bond acceptors (Lipinski definition) is 5. The zero-order chi connectivity index (χ0) is 18.5. The lowest BCUT2D eigenvalue weighted by atomic mass is 10.2. The van der Waals surface area contributed by atoms with E-state index >= 15 is 0 Å². The molecule has 0 aliphatic carbocycles. The van der Waals surface area contributed by atoms with Crippen LogP contribution in [0, 0.1) is 25.2 Å². The molecule has 1 aromatic heterocycles. The molecule has 0 atom stereocenters. The predicted molar refractivity (Wildman–Crippen MR) is 100 cm³/mol. The van der Waals surface area contributed by atoms with Crippen LogP contribution in [0.25, 0.3) is 0 Å². The van der Waals surface area contributed by atoms with Crippen molar-refractivity contribution < 1.29 is 4.79 Å². The standard InChI is InChI=1S/C20H17N5O/c1-13-4-3-5-17(10-13)25-20(26)18-11-19(23-14(2)22-18)24-16-8-6-15(12-21)7-9-16/h3-11H,1-2H3,(H,25,26)(H,22,23,24). The number of anilines is 3. The van der Waals surface area contributed by atoms with Crippen molar-refractivity contribution in [1.82, 2.24) is 9.97 Å². The van der Waals surface area contributed by atoms with E-state index in [0.717, 1.165) is 11.3 Å². The monoisotopic (exact) mass is 343 g/mol. The van der Waals surface area contributed by atoms with Gasteiger partial charge in [-0.05, 0) is 55.8 Å². The van der Waals surface area contributed by atoms with E-state index in [1.54, 1.807) is 37.3 Å². The molecular formula is C20H17N5O. The van der Waals surface area contributed by atoms with Crippen molar-refractivity contribution >= 4 is 23.1 Å². The Kier molecular flexibility index (Phi) is 4.90. The summed E-state index contributed by atoms with van der Waals surface area (Å²) in [6.07, 6.45) is 0. The second kappa shape index (κ2) is 7.45. The van der Waals surface area contributed by atoms with Crippen molar-refractivity contribution in [3.05, 3.63) is 77.2 Å². The summed E-state index contributed by atoms with van der Waals surface area (Å²) in [5.74, 6) is 0.693. The highest BCUT2D eigenvalue weighted by molar-refractivity contribution is 6.03. The Balaban J connectivity index is 1.80. The summed E-state index contributed by atoms with van der Waals surface area (Å²) in [5, 5.41) is 14.8. The van der Waals surface area contributed by atoms with E-state index in [-0.39, 0.29) is 11.6 Å². The van der Waals surface area contributed by atoms with Gasteiger partial charge >= 0.3 is 0 Å². The van der Waals surface area contributed by atoms with Crippen LogP contribution < -0.4 is 10.6 Å². The van der Waals surface area contributed by atoms with Crippen LogP contribution in [0.2, 0.25) is 0 Å². The molecule has 0 aliphatic heterocycles. The first-order chi connectivity index (χ1) is 12.5. The number of carbonyl (C=O) groups excluding carboxylic acids is 1. The van der Waals surface area contributed by atoms with Crippen molar-refractivity contribution in [2.45, 2.75) is 13.8 Å². The molecule has 2 N–H and O–H groups in total. The van der Waals surface area contributed by atoms with E-state index in [0.29, 0.717) is 22.9 Å². The van der Waals surface area contributed by atoms with Gasteiger partial charge in [0.25, 0.3) is 5.91 Å². The molecule has 26 heavy (non-hydrogen) atoms. The number of amides is 1. The summed E-state index contributed by atoms with van der Waals surface area (Å²) in [4.78, 5) is 21.0. The van der Waals surface area contributed by atoms with Crippen LogP contribution in [0.4, 0.5) is 17.2 Å². The van der Waals surface area contributed by atoms with Gasteiger partial charge in [0.05, 0.1) is 11.6 Å². The minimum Gasteiger partial charge on any atom is -0.340 e. The van der Waals surface area contributed by atoms with E-state index < -0.39 is 0 Å². The van der Waals surface area contributed by atoms with Crippen LogP contribution in [-0.4, -0.2) is 15.9 Å². The average molecular weight is 343 g/mol. The SMILES string of the molecule is Cc1cccc(NC(=O)c2cc(Nc3ccc(C#N)cc3)nc(C)n2)c1. The van der Waals surface area contributed by atoms with Crippen molar-refractivity contribution in [2.24, 2.45) is 0 Å². The average Bonchev–Trinajstić information content (AvgIpc) is 2.62. The zero-order valence-corrected chi connectivity index (χ0v) is 14.4. The van der Waals surface area contributed by atoms with Gasteiger partial charge in [-0.15, -0.1) is 0 Å². The third kappa shape index (κ3) is 4.22. The Hall–Kier alpha value is -3.72. The molecule has 3 rings (SSSR count). The van der Waals surface area contributed by atoms with Crippen molar-refractivity contribution in [2.75, 3.05) is 10.6 Å². The van der Waals surface area contributed by atoms with Crippen molar-refractivity contribution in [3.63, 3.8) is 0 Å². The minimum absolute atomic E-state index is 0.273. The number of nitrogens with one attached hydrogen (secondary N) is 2. The minimum atomic E-state index is -0.302. The lowest BCUT2D eigenvalue weighted by Crippen LogP contribution is -2.15. The largest absolute Gasteiger partial charge is 0.340 e. The molecule has 3 aromatic rings. The van der Waals surface area contributed by atoms with Gasteiger partial charge < -0.3 is 10.6 Å². The van der Waals surface area contributed by atoms with Crippen LogP contribution in [0.5, 0.6) is 0 Å². The number of aryl methyl sites for hydroxylation is 2. The van der Waals surface area contributed by atoms with Gasteiger partial charge in [0.15, 0.2) is 0 Å². The van der Waals surface area contributed by atoms with Crippen LogP contribution in [0.1, 0.15) is 27.4 Å². The van der Waals surface area contributed by atoms with Gasteiger partial charge in [0.2, 0.25) is 0 Å². The molecule has 0 unspecified atom stereocenters. The number of benzene rings is 2. The van der Waals surface area contributed by atoms with Crippen LogP contribution >= 0.6 is 0 Å². The van der Waals surface area contributed by atoms with Crippen LogP contribution in [-0.2, 0) is 0 Å². The van der Waals surface area contributed by atoms with Gasteiger partial charge in [-0.25, -0.2) is 9.97 Å². The fourth-order valence-electron chi connectivity index (χ4n) is 2.44.